The highest BCUT2D eigenvalue weighted by atomic mass is 16.3. The summed E-state index contributed by atoms with van der Waals surface area (Å²) in [5.41, 5.74) is 3.72. The van der Waals surface area contributed by atoms with Crippen molar-refractivity contribution in [2.75, 3.05) is 0 Å². The summed E-state index contributed by atoms with van der Waals surface area (Å²) in [6.07, 6.45) is 7.34. The van der Waals surface area contributed by atoms with Crippen LogP contribution in [-0.4, -0.2) is 9.97 Å². The summed E-state index contributed by atoms with van der Waals surface area (Å²) in [5, 5.41) is 0. The molecule has 0 unspecified atom stereocenters. The molecule has 5 heteroatoms. The molecule has 1 N–H and O–H groups in total. The van der Waals surface area contributed by atoms with Gasteiger partial charge in [-0.15, -0.1) is 0 Å². The van der Waals surface area contributed by atoms with Crippen molar-refractivity contribution in [3.05, 3.63) is 55.3 Å². The molecule has 4 rings (SSSR count). The predicted molar refractivity (Wildman–Crippen MR) is 63.5 cm³/mol. The molecule has 0 aliphatic carbocycles. The number of imidazole rings is 1. The summed E-state index contributed by atoms with van der Waals surface area (Å²) in [5.74, 6) is 0. The van der Waals surface area contributed by atoms with Gasteiger partial charge in [-0.25, -0.2) is 9.97 Å². The Kier molecular flexibility index (Phi) is 1.77. The molecule has 0 fully saturated rings. The Morgan fingerprint density at radius 2 is 1.94 bits per heavy atom. The van der Waals surface area contributed by atoms with Crippen LogP contribution in [0.4, 0.5) is 0 Å². The number of H-pyrrole nitrogens is 1. The molecule has 0 radical (unpaired) electrons. The summed E-state index contributed by atoms with van der Waals surface area (Å²) in [6, 6.07) is 9.78. The van der Waals surface area contributed by atoms with Crippen LogP contribution in [0.3, 0.4) is 0 Å². The van der Waals surface area contributed by atoms with Gasteiger partial charge < -0.3 is 4.42 Å². The van der Waals surface area contributed by atoms with Gasteiger partial charge in [-0.05, 0) is 18.2 Å². The van der Waals surface area contributed by atoms with Gasteiger partial charge in [-0.2, -0.15) is 0 Å². The lowest BCUT2D eigenvalue weighted by Gasteiger charge is -1.94. The monoisotopic (exact) mass is 238 g/mol. The average Bonchev–Trinajstić information content (AvgIpc) is 3.06. The van der Waals surface area contributed by atoms with Crippen LogP contribution >= 0.6 is 0 Å². The normalized spacial score (nSPS) is 11.3. The van der Waals surface area contributed by atoms with E-state index in [4.69, 9.17) is 4.42 Å². The summed E-state index contributed by atoms with van der Waals surface area (Å²) in [6.45, 7) is 0. The van der Waals surface area contributed by atoms with Crippen LogP contribution < -0.4 is 9.35 Å². The Hall–Kier alpha value is -2.69. The van der Waals surface area contributed by atoms with Crippen LogP contribution in [0.1, 0.15) is 0 Å². The minimum absolute atomic E-state index is 0.849. The lowest BCUT2D eigenvalue weighted by molar-refractivity contribution is -1.27. The molecule has 0 bridgehead atoms. The van der Waals surface area contributed by atoms with Crippen molar-refractivity contribution in [2.45, 2.75) is 0 Å². The number of aromatic amines is 1. The molecule has 0 aliphatic heterocycles. The fourth-order valence-electron chi connectivity index (χ4n) is 2.18. The molecule has 0 atom stereocenters. The van der Waals surface area contributed by atoms with E-state index in [1.54, 1.807) is 12.6 Å². The van der Waals surface area contributed by atoms with Crippen LogP contribution in [0.25, 0.3) is 22.3 Å². The maximum atomic E-state index is 5.41. The van der Waals surface area contributed by atoms with Gasteiger partial charge in [0.15, 0.2) is 18.0 Å². The average molecular weight is 238 g/mol. The van der Waals surface area contributed by atoms with Crippen molar-refractivity contribution in [3.8, 4) is 0 Å². The summed E-state index contributed by atoms with van der Waals surface area (Å²) >= 11 is 0. The largest absolute Gasteiger partial charge is 0.458 e. The second-order valence-corrected chi connectivity index (χ2v) is 4.01. The highest BCUT2D eigenvalue weighted by Gasteiger charge is 2.21. The maximum Gasteiger partial charge on any atom is 0.367 e. The number of rotatable bonds is 1. The number of pyridine rings is 2. The SMILES string of the molecule is c1cc2occc2[n+](-[n+]2cccc3nc[nH]c32)c1. The molecule has 4 aromatic rings. The van der Waals surface area contributed by atoms with E-state index in [-0.39, 0.29) is 0 Å². The van der Waals surface area contributed by atoms with Gasteiger partial charge in [0.25, 0.3) is 0 Å². The van der Waals surface area contributed by atoms with Crippen LogP contribution in [0, 0.1) is 0 Å². The quantitative estimate of drug-likeness (QED) is 0.506. The minimum atomic E-state index is 0.849. The molecule has 0 aromatic carbocycles. The number of nitrogens with one attached hydrogen (secondary N) is 1. The van der Waals surface area contributed by atoms with Crippen LogP contribution in [0.5, 0.6) is 0 Å². The first-order valence-electron chi connectivity index (χ1n) is 5.66. The van der Waals surface area contributed by atoms with Gasteiger partial charge in [-0.3, -0.25) is 0 Å². The third-order valence-electron chi connectivity index (χ3n) is 2.99. The molecule has 0 spiro atoms. The summed E-state index contributed by atoms with van der Waals surface area (Å²) < 4.78 is 9.43. The molecule has 4 heterocycles. The van der Waals surface area contributed by atoms with Gasteiger partial charge in [-0.1, -0.05) is 0 Å². The Morgan fingerprint density at radius 3 is 2.94 bits per heavy atom. The number of aromatic nitrogens is 4. The standard InChI is InChI=1S/C13H10N4O/c1-3-10-13(15-9-14-10)17(7-1)16-6-2-4-12-11(16)5-8-18-12/h1-9H,(H,14,15)/q+2. The molecule has 0 saturated heterocycles. The van der Waals surface area contributed by atoms with E-state index in [9.17, 15) is 0 Å². The molecule has 4 aromatic heterocycles. The van der Waals surface area contributed by atoms with E-state index in [1.165, 1.54) is 0 Å². The van der Waals surface area contributed by atoms with Gasteiger partial charge in [0.05, 0.1) is 12.3 Å². The minimum Gasteiger partial charge on any atom is -0.458 e. The molecule has 86 valence electrons. The van der Waals surface area contributed by atoms with Gasteiger partial charge in [0.1, 0.15) is 0 Å². The van der Waals surface area contributed by atoms with E-state index in [1.807, 2.05) is 52.1 Å². The zero-order valence-electron chi connectivity index (χ0n) is 9.45. The number of hydrogen-bond acceptors (Lipinski definition) is 2. The first kappa shape index (κ1) is 9.35. The first-order chi connectivity index (χ1) is 8.93. The first-order valence-corrected chi connectivity index (χ1v) is 5.66. The molecule has 0 saturated carbocycles. The molecule has 5 nitrogen and oxygen atoms in total. The topological polar surface area (TPSA) is 49.6 Å². The maximum absolute atomic E-state index is 5.41. The third kappa shape index (κ3) is 1.18. The molecular weight excluding hydrogens is 228 g/mol. The number of fused-ring (bicyclic) bond motifs is 2. The van der Waals surface area contributed by atoms with Crippen molar-refractivity contribution in [1.29, 1.82) is 0 Å². The van der Waals surface area contributed by atoms with Crippen LogP contribution in [-0.2, 0) is 0 Å². The van der Waals surface area contributed by atoms with Crippen molar-refractivity contribution in [1.82, 2.24) is 9.97 Å². The molecule has 18 heavy (non-hydrogen) atoms. The number of hydrogen-bond donors (Lipinski definition) is 1. The fraction of sp³-hybridized carbons (Fsp3) is 0. The second kappa shape index (κ2) is 3.40. The summed E-state index contributed by atoms with van der Waals surface area (Å²) in [7, 11) is 0. The van der Waals surface area contributed by atoms with Gasteiger partial charge in [0.2, 0.25) is 11.8 Å². The number of furan rings is 1. The molecular formula is C13H10N4O+2. The Bertz CT molecular complexity index is 774. The Morgan fingerprint density at radius 1 is 1.06 bits per heavy atom. The molecule has 0 aliphatic rings. The van der Waals surface area contributed by atoms with Crippen molar-refractivity contribution >= 4 is 22.3 Å². The second-order valence-electron chi connectivity index (χ2n) is 4.01. The van der Waals surface area contributed by atoms with E-state index in [2.05, 4.69) is 9.97 Å². The zero-order chi connectivity index (χ0) is 11.9. The lowest BCUT2D eigenvalue weighted by atomic mass is 10.4. The summed E-state index contributed by atoms with van der Waals surface area (Å²) in [4.78, 5) is 7.40. The van der Waals surface area contributed by atoms with Crippen molar-refractivity contribution in [3.63, 3.8) is 0 Å². The lowest BCUT2D eigenvalue weighted by Crippen LogP contribution is -2.66. The van der Waals surface area contributed by atoms with Crippen molar-refractivity contribution < 1.29 is 13.8 Å². The van der Waals surface area contributed by atoms with Crippen LogP contribution in [0.15, 0.2) is 59.7 Å². The van der Waals surface area contributed by atoms with Crippen LogP contribution in [0.2, 0.25) is 0 Å². The third-order valence-corrected chi connectivity index (χ3v) is 2.99. The Balaban J connectivity index is 2.13. The molecule has 0 amide bonds. The van der Waals surface area contributed by atoms with E-state index >= 15 is 0 Å². The predicted octanol–water partition coefficient (Wildman–Crippen LogP) is 1.20. The zero-order valence-corrected chi connectivity index (χ0v) is 9.45. The van der Waals surface area contributed by atoms with Crippen molar-refractivity contribution in [2.24, 2.45) is 0 Å². The number of nitrogens with zero attached hydrogens (tertiary/aromatic N) is 3. The van der Waals surface area contributed by atoms with E-state index in [0.717, 1.165) is 22.3 Å². The highest BCUT2D eigenvalue weighted by molar-refractivity contribution is 5.68. The highest BCUT2D eigenvalue weighted by Crippen LogP contribution is 2.09. The Labute approximate surface area is 102 Å². The fourth-order valence-corrected chi connectivity index (χ4v) is 2.18. The van der Waals surface area contributed by atoms with E-state index < -0.39 is 0 Å². The van der Waals surface area contributed by atoms with Gasteiger partial charge >= 0.3 is 11.2 Å². The smallest absolute Gasteiger partial charge is 0.367 e. The van der Waals surface area contributed by atoms with E-state index in [0.29, 0.717) is 0 Å². The van der Waals surface area contributed by atoms with Gasteiger partial charge in [0, 0.05) is 15.4 Å².